The first-order valence-electron chi connectivity index (χ1n) is 11.8. The summed E-state index contributed by atoms with van der Waals surface area (Å²) in [5.74, 6) is 1.16. The normalized spacial score (nSPS) is 13.3. The van der Waals surface area contributed by atoms with E-state index >= 15 is 0 Å². The molecule has 0 radical (unpaired) electrons. The Bertz CT molecular complexity index is 1510. The number of carbonyl (C=O) groups is 2. The third-order valence-electron chi connectivity index (χ3n) is 6.12. The van der Waals surface area contributed by atoms with Crippen molar-refractivity contribution in [3.05, 3.63) is 59.0 Å². The molecule has 0 saturated heterocycles. The van der Waals surface area contributed by atoms with Crippen LogP contribution in [0, 0.1) is 6.92 Å². The number of halogens is 1. The summed E-state index contributed by atoms with van der Waals surface area (Å²) in [7, 11) is 5.73. The number of hydrogen-bond acceptors (Lipinski definition) is 9. The molecule has 0 spiro atoms. The van der Waals surface area contributed by atoms with Crippen molar-refractivity contribution >= 4 is 62.9 Å². The fraction of sp³-hybridized carbons (Fsp3) is 0.259. The largest absolute Gasteiger partial charge is 0.492 e. The molecule has 5 rings (SSSR count). The lowest BCUT2D eigenvalue weighted by Gasteiger charge is -2.28. The molecule has 0 unspecified atom stereocenters. The van der Waals surface area contributed by atoms with Gasteiger partial charge in [-0.2, -0.15) is 5.01 Å². The van der Waals surface area contributed by atoms with Crippen LogP contribution >= 0.6 is 35.1 Å². The van der Waals surface area contributed by atoms with E-state index in [9.17, 15) is 9.59 Å². The van der Waals surface area contributed by atoms with Gasteiger partial charge in [0.2, 0.25) is 0 Å². The van der Waals surface area contributed by atoms with Crippen LogP contribution in [0.4, 0.5) is 5.82 Å². The zero-order chi connectivity index (χ0) is 26.3. The van der Waals surface area contributed by atoms with E-state index < -0.39 is 0 Å². The van der Waals surface area contributed by atoms with Gasteiger partial charge < -0.3 is 9.64 Å². The van der Waals surface area contributed by atoms with Gasteiger partial charge in [0.15, 0.2) is 11.6 Å². The maximum absolute atomic E-state index is 12.8. The smallest absolute Gasteiger partial charge is 0.275 e. The molecule has 4 heterocycles. The Morgan fingerprint density at radius 2 is 1.76 bits per heavy atom. The summed E-state index contributed by atoms with van der Waals surface area (Å²) in [6.07, 6.45) is 1.35. The van der Waals surface area contributed by atoms with Crippen LogP contribution in [0.1, 0.15) is 12.5 Å². The Morgan fingerprint density at radius 3 is 2.37 bits per heavy atom. The van der Waals surface area contributed by atoms with Gasteiger partial charge in [0.1, 0.15) is 17.2 Å². The Labute approximate surface area is 235 Å². The molecule has 1 aliphatic rings. The van der Waals surface area contributed by atoms with E-state index in [1.165, 1.54) is 6.08 Å². The van der Waals surface area contributed by atoms with E-state index in [4.69, 9.17) is 14.7 Å². The molecule has 0 saturated carbocycles. The number of thiophene rings is 2. The number of aromatic nitrogens is 2. The van der Waals surface area contributed by atoms with Crippen molar-refractivity contribution in [1.29, 1.82) is 0 Å². The molecule has 11 heteroatoms. The van der Waals surface area contributed by atoms with E-state index in [2.05, 4.69) is 4.90 Å². The lowest BCUT2D eigenvalue weighted by Crippen LogP contribution is -2.45. The molecule has 4 aromatic rings. The van der Waals surface area contributed by atoms with Crippen LogP contribution in [0.25, 0.3) is 31.4 Å². The third kappa shape index (κ3) is 5.17. The first-order valence-corrected chi connectivity index (χ1v) is 13.5. The van der Waals surface area contributed by atoms with E-state index in [0.717, 1.165) is 48.4 Å². The highest BCUT2D eigenvalue weighted by atomic mass is 35.5. The second kappa shape index (κ2) is 11.2. The zero-order valence-electron chi connectivity index (χ0n) is 21.7. The van der Waals surface area contributed by atoms with E-state index in [1.807, 2.05) is 62.8 Å². The van der Waals surface area contributed by atoms with E-state index in [1.54, 1.807) is 41.7 Å². The molecule has 2 amide bonds. The zero-order valence-corrected chi connectivity index (χ0v) is 24.2. The van der Waals surface area contributed by atoms with Gasteiger partial charge in [0.25, 0.3) is 11.8 Å². The van der Waals surface area contributed by atoms with E-state index in [0.29, 0.717) is 23.8 Å². The minimum atomic E-state index is -0.382. The summed E-state index contributed by atoms with van der Waals surface area (Å²) in [4.78, 5) is 40.0. The highest BCUT2D eigenvalue weighted by Gasteiger charge is 2.34. The monoisotopic (exact) mass is 569 g/mol. The molecule has 0 aliphatic carbocycles. The number of nitrogens with zero attached hydrogens (tertiary/aromatic N) is 5. The molecule has 0 bridgehead atoms. The van der Waals surface area contributed by atoms with Crippen molar-refractivity contribution in [3.8, 4) is 26.9 Å². The number of hydrazine groups is 1. The van der Waals surface area contributed by atoms with Gasteiger partial charge in [0, 0.05) is 30.1 Å². The molecule has 38 heavy (non-hydrogen) atoms. The summed E-state index contributed by atoms with van der Waals surface area (Å²) in [5, 5.41) is 5.47. The van der Waals surface area contributed by atoms with Gasteiger partial charge in [-0.1, -0.05) is 6.07 Å². The van der Waals surface area contributed by atoms with Crippen molar-refractivity contribution in [2.24, 2.45) is 0 Å². The van der Waals surface area contributed by atoms with Gasteiger partial charge in [-0.3, -0.25) is 14.6 Å². The molecular weight excluding hydrogens is 542 g/mol. The van der Waals surface area contributed by atoms with E-state index in [-0.39, 0.29) is 24.2 Å². The molecule has 1 aromatic carbocycles. The lowest BCUT2D eigenvalue weighted by atomic mass is 10.1. The number of carbonyl (C=O) groups excluding carboxylic acids is 2. The summed E-state index contributed by atoms with van der Waals surface area (Å²) in [6.45, 7) is 5.13. The number of benzene rings is 1. The Morgan fingerprint density at radius 1 is 1.03 bits per heavy atom. The number of ether oxygens (including phenoxy) is 1. The van der Waals surface area contributed by atoms with Gasteiger partial charge in [-0.25, -0.2) is 9.97 Å². The Balaban J connectivity index is 0.00000336. The first-order chi connectivity index (χ1) is 17.7. The number of aryl methyl sites for hydroxylation is 1. The minimum absolute atomic E-state index is 0. The summed E-state index contributed by atoms with van der Waals surface area (Å²) in [5.41, 5.74) is 2.43. The number of amides is 2. The Hall–Kier alpha value is -3.31. The van der Waals surface area contributed by atoms with Crippen LogP contribution in [0.5, 0.6) is 5.75 Å². The predicted molar refractivity (Wildman–Crippen MR) is 156 cm³/mol. The first kappa shape index (κ1) is 27.7. The highest BCUT2D eigenvalue weighted by molar-refractivity contribution is 7.22. The fourth-order valence-electron chi connectivity index (χ4n) is 4.15. The fourth-order valence-corrected chi connectivity index (χ4v) is 5.98. The number of rotatable bonds is 8. The molecule has 1 aliphatic heterocycles. The Kier molecular flexibility index (Phi) is 8.17. The molecule has 0 fully saturated rings. The van der Waals surface area contributed by atoms with Gasteiger partial charge in [-0.15, -0.1) is 35.1 Å². The predicted octanol–water partition coefficient (Wildman–Crippen LogP) is 5.42. The molecule has 3 aromatic heterocycles. The van der Waals surface area contributed by atoms with Crippen molar-refractivity contribution in [2.75, 3.05) is 39.3 Å². The summed E-state index contributed by atoms with van der Waals surface area (Å²) in [6, 6.07) is 11.9. The second-order valence-corrected chi connectivity index (χ2v) is 11.0. The topological polar surface area (TPSA) is 78.9 Å². The highest BCUT2D eigenvalue weighted by Crippen LogP contribution is 2.43. The second-order valence-electron chi connectivity index (χ2n) is 9.07. The van der Waals surface area contributed by atoms with Crippen molar-refractivity contribution in [3.63, 3.8) is 0 Å². The van der Waals surface area contributed by atoms with Crippen LogP contribution in [0.2, 0.25) is 0 Å². The summed E-state index contributed by atoms with van der Waals surface area (Å²) < 4.78 is 5.85. The minimum Gasteiger partial charge on any atom is -0.492 e. The maximum atomic E-state index is 12.8. The van der Waals surface area contributed by atoms with Gasteiger partial charge >= 0.3 is 0 Å². The number of fused-ring (bicyclic) bond motifs is 1. The van der Waals surface area contributed by atoms with Crippen LogP contribution in [-0.2, 0) is 9.59 Å². The number of hydrogen-bond donors (Lipinski definition) is 0. The van der Waals surface area contributed by atoms with Crippen molar-refractivity contribution in [1.82, 2.24) is 19.9 Å². The number of imide groups is 1. The van der Waals surface area contributed by atoms with Crippen molar-refractivity contribution < 1.29 is 14.3 Å². The van der Waals surface area contributed by atoms with Gasteiger partial charge in [-0.05, 0) is 74.8 Å². The van der Waals surface area contributed by atoms with Crippen molar-refractivity contribution in [2.45, 2.75) is 13.8 Å². The summed E-state index contributed by atoms with van der Waals surface area (Å²) >= 11 is 3.11. The SMILES string of the molecule is CC1=CC(=O)N(N(C)c2nc(-c3cccs3)nc3sc(-c4ccc(OCCN(C)C)cc4)c(C)c23)C1=O.Cl. The molecule has 198 valence electrons. The molecular formula is C27H28ClN5O3S2. The van der Waals surface area contributed by atoms with Crippen LogP contribution in [0.3, 0.4) is 0 Å². The lowest BCUT2D eigenvalue weighted by molar-refractivity contribution is -0.137. The van der Waals surface area contributed by atoms with Crippen LogP contribution in [-0.4, -0.2) is 66.0 Å². The maximum Gasteiger partial charge on any atom is 0.275 e. The average molecular weight is 570 g/mol. The molecule has 0 N–H and O–H groups in total. The molecule has 8 nitrogen and oxygen atoms in total. The van der Waals surface area contributed by atoms with Crippen LogP contribution < -0.4 is 9.75 Å². The number of likely N-dealkylation sites (N-methyl/N-ethyl adjacent to an activating group) is 1. The standard InChI is InChI=1S/C27H27N5O3S2.ClH/c1-16-15-21(33)32(27(16)34)31(5)25-22-17(2)23(18-8-10-19(11-9-18)35-13-12-30(3)4)37-26(22)29-24(28-25)20-7-6-14-36-20;/h6-11,14-15H,12-13H2,1-5H3;1H. The quantitative estimate of drug-likeness (QED) is 0.262. The van der Waals surface area contributed by atoms with Crippen LogP contribution in [0.15, 0.2) is 53.4 Å². The van der Waals surface area contributed by atoms with Gasteiger partial charge in [0.05, 0.1) is 10.3 Å². The third-order valence-corrected chi connectivity index (χ3v) is 8.22. The molecule has 0 atom stereocenters. The average Bonchev–Trinajstić information content (AvgIpc) is 3.58. The number of anilines is 1.